The molecular formula is C14H21ClN2O2. The van der Waals surface area contributed by atoms with Crippen LogP contribution in [0.25, 0.3) is 0 Å². The van der Waals surface area contributed by atoms with Gasteiger partial charge in [0.15, 0.2) is 0 Å². The van der Waals surface area contributed by atoms with Gasteiger partial charge in [0, 0.05) is 17.3 Å². The molecule has 0 bridgehead atoms. The quantitative estimate of drug-likeness (QED) is 0.777. The maximum Gasteiger partial charge on any atom is 0.319 e. The first kappa shape index (κ1) is 15.8. The Bertz CT molecular complexity index is 433. The van der Waals surface area contributed by atoms with Gasteiger partial charge in [-0.3, -0.25) is 0 Å². The zero-order valence-corrected chi connectivity index (χ0v) is 12.3. The van der Waals surface area contributed by atoms with E-state index in [1.807, 2.05) is 13.8 Å². The molecule has 2 amide bonds. The first-order valence-electron chi connectivity index (χ1n) is 6.31. The van der Waals surface area contributed by atoms with Crippen LogP contribution in [0, 0.1) is 5.92 Å². The Kier molecular flexibility index (Phi) is 5.63. The molecule has 0 aliphatic heterocycles. The lowest BCUT2D eigenvalue weighted by atomic mass is 9.94. The third-order valence-electron chi connectivity index (χ3n) is 2.56. The second-order valence-electron chi connectivity index (χ2n) is 5.41. The van der Waals surface area contributed by atoms with Gasteiger partial charge in [0.25, 0.3) is 0 Å². The molecule has 0 heterocycles. The fourth-order valence-electron chi connectivity index (χ4n) is 1.96. The van der Waals surface area contributed by atoms with Crippen molar-refractivity contribution in [3.05, 3.63) is 29.3 Å². The highest BCUT2D eigenvalue weighted by Crippen LogP contribution is 2.16. The largest absolute Gasteiger partial charge is 0.388 e. The summed E-state index contributed by atoms with van der Waals surface area (Å²) in [5.41, 5.74) is -0.284. The zero-order valence-electron chi connectivity index (χ0n) is 11.5. The lowest BCUT2D eigenvalue weighted by molar-refractivity contribution is 0.0413. The van der Waals surface area contributed by atoms with Crippen LogP contribution in [0.1, 0.15) is 27.2 Å². The second-order valence-corrected chi connectivity index (χ2v) is 5.85. The standard InChI is InChI=1S/C14H21ClN2O2/c1-10(2)8-14(3,19)9-16-13(18)17-12-6-4-5-11(15)7-12/h4-7,10,19H,8-9H2,1-3H3,(H2,16,17,18). The Morgan fingerprint density at radius 3 is 2.74 bits per heavy atom. The molecule has 0 radical (unpaired) electrons. The smallest absolute Gasteiger partial charge is 0.319 e. The van der Waals surface area contributed by atoms with Crippen LogP contribution >= 0.6 is 11.6 Å². The van der Waals surface area contributed by atoms with Crippen molar-refractivity contribution in [3.63, 3.8) is 0 Å². The lowest BCUT2D eigenvalue weighted by Gasteiger charge is -2.25. The number of nitrogens with one attached hydrogen (secondary N) is 2. The number of urea groups is 1. The number of halogens is 1. The van der Waals surface area contributed by atoms with E-state index in [1.165, 1.54) is 0 Å². The Balaban J connectivity index is 2.44. The van der Waals surface area contributed by atoms with Crippen molar-refractivity contribution in [1.29, 1.82) is 0 Å². The predicted molar refractivity (Wildman–Crippen MR) is 78.6 cm³/mol. The predicted octanol–water partition coefficient (Wildman–Crippen LogP) is 3.26. The molecular weight excluding hydrogens is 264 g/mol. The monoisotopic (exact) mass is 284 g/mol. The Morgan fingerprint density at radius 2 is 2.16 bits per heavy atom. The third kappa shape index (κ3) is 6.45. The fraction of sp³-hybridized carbons (Fsp3) is 0.500. The van der Waals surface area contributed by atoms with Gasteiger partial charge in [0.1, 0.15) is 0 Å². The van der Waals surface area contributed by atoms with Crippen LogP contribution in [0.4, 0.5) is 10.5 Å². The summed E-state index contributed by atoms with van der Waals surface area (Å²) in [6.07, 6.45) is 0.629. The van der Waals surface area contributed by atoms with E-state index in [2.05, 4.69) is 10.6 Å². The van der Waals surface area contributed by atoms with Crippen LogP contribution in [0.2, 0.25) is 5.02 Å². The van der Waals surface area contributed by atoms with Crippen molar-refractivity contribution < 1.29 is 9.90 Å². The minimum Gasteiger partial charge on any atom is -0.388 e. The van der Waals surface area contributed by atoms with Crippen molar-refractivity contribution in [1.82, 2.24) is 5.32 Å². The molecule has 0 aliphatic carbocycles. The van der Waals surface area contributed by atoms with Crippen molar-refractivity contribution in [3.8, 4) is 0 Å². The van der Waals surface area contributed by atoms with E-state index in [1.54, 1.807) is 31.2 Å². The highest BCUT2D eigenvalue weighted by Gasteiger charge is 2.22. The number of rotatable bonds is 5. The molecule has 3 N–H and O–H groups in total. The fourth-order valence-corrected chi connectivity index (χ4v) is 2.15. The number of aliphatic hydroxyl groups is 1. The van der Waals surface area contributed by atoms with Gasteiger partial charge in [-0.2, -0.15) is 0 Å². The van der Waals surface area contributed by atoms with Gasteiger partial charge in [0.05, 0.1) is 5.60 Å². The van der Waals surface area contributed by atoms with E-state index in [4.69, 9.17) is 11.6 Å². The number of benzene rings is 1. The molecule has 0 fully saturated rings. The van der Waals surface area contributed by atoms with Gasteiger partial charge in [-0.1, -0.05) is 31.5 Å². The van der Waals surface area contributed by atoms with Crippen molar-refractivity contribution >= 4 is 23.3 Å². The van der Waals surface area contributed by atoms with Crippen molar-refractivity contribution in [2.45, 2.75) is 32.8 Å². The molecule has 5 heteroatoms. The molecule has 0 saturated heterocycles. The van der Waals surface area contributed by atoms with E-state index in [0.717, 1.165) is 0 Å². The number of anilines is 1. The summed E-state index contributed by atoms with van der Waals surface area (Å²) in [6.45, 7) is 5.98. The minimum atomic E-state index is -0.903. The summed E-state index contributed by atoms with van der Waals surface area (Å²) in [7, 11) is 0. The summed E-state index contributed by atoms with van der Waals surface area (Å²) in [5.74, 6) is 0.368. The first-order valence-corrected chi connectivity index (χ1v) is 6.69. The molecule has 0 aliphatic rings. The van der Waals surface area contributed by atoms with Crippen LogP contribution in [0.15, 0.2) is 24.3 Å². The Hall–Kier alpha value is -1.26. The molecule has 1 atom stereocenters. The maximum atomic E-state index is 11.7. The minimum absolute atomic E-state index is 0.206. The summed E-state index contributed by atoms with van der Waals surface area (Å²) in [6, 6.07) is 6.54. The molecule has 106 valence electrons. The normalized spacial score (nSPS) is 14.0. The number of amides is 2. The van der Waals surface area contributed by atoms with Crippen LogP contribution in [-0.4, -0.2) is 23.3 Å². The van der Waals surface area contributed by atoms with Gasteiger partial charge in [-0.05, 0) is 37.5 Å². The summed E-state index contributed by atoms with van der Waals surface area (Å²) in [5, 5.41) is 16.0. The molecule has 1 aromatic rings. The molecule has 0 saturated carbocycles. The molecule has 1 unspecified atom stereocenters. The first-order chi connectivity index (χ1) is 8.78. The van der Waals surface area contributed by atoms with E-state index in [-0.39, 0.29) is 12.6 Å². The van der Waals surface area contributed by atoms with E-state index < -0.39 is 5.60 Å². The molecule has 1 rings (SSSR count). The van der Waals surface area contributed by atoms with Gasteiger partial charge in [0.2, 0.25) is 0 Å². The Labute approximate surface area is 119 Å². The topological polar surface area (TPSA) is 61.4 Å². The van der Waals surface area contributed by atoms with Gasteiger partial charge >= 0.3 is 6.03 Å². The molecule has 0 spiro atoms. The van der Waals surface area contributed by atoms with E-state index in [0.29, 0.717) is 23.0 Å². The van der Waals surface area contributed by atoms with Crippen LogP contribution in [0.3, 0.4) is 0 Å². The SMILES string of the molecule is CC(C)CC(C)(O)CNC(=O)Nc1cccc(Cl)c1. The van der Waals surface area contributed by atoms with Crippen molar-refractivity contribution in [2.24, 2.45) is 5.92 Å². The molecule has 1 aromatic carbocycles. The second kappa shape index (κ2) is 6.78. The number of hydrogen-bond acceptors (Lipinski definition) is 2. The summed E-state index contributed by atoms with van der Waals surface area (Å²) < 4.78 is 0. The highest BCUT2D eigenvalue weighted by molar-refractivity contribution is 6.30. The van der Waals surface area contributed by atoms with Crippen LogP contribution in [0.5, 0.6) is 0 Å². The molecule has 19 heavy (non-hydrogen) atoms. The third-order valence-corrected chi connectivity index (χ3v) is 2.80. The average Bonchev–Trinajstić information content (AvgIpc) is 2.25. The summed E-state index contributed by atoms with van der Waals surface area (Å²) >= 11 is 5.82. The summed E-state index contributed by atoms with van der Waals surface area (Å²) in [4.78, 5) is 11.7. The number of hydrogen-bond donors (Lipinski definition) is 3. The Morgan fingerprint density at radius 1 is 1.47 bits per heavy atom. The molecule has 4 nitrogen and oxygen atoms in total. The number of carbonyl (C=O) groups is 1. The van der Waals surface area contributed by atoms with Crippen LogP contribution in [-0.2, 0) is 0 Å². The maximum absolute atomic E-state index is 11.7. The zero-order chi connectivity index (χ0) is 14.5. The van der Waals surface area contributed by atoms with Gasteiger partial charge in [-0.15, -0.1) is 0 Å². The van der Waals surface area contributed by atoms with Crippen molar-refractivity contribution in [2.75, 3.05) is 11.9 Å². The van der Waals surface area contributed by atoms with Gasteiger partial charge < -0.3 is 15.7 Å². The van der Waals surface area contributed by atoms with E-state index >= 15 is 0 Å². The average molecular weight is 285 g/mol. The van der Waals surface area contributed by atoms with Gasteiger partial charge in [-0.25, -0.2) is 4.79 Å². The molecule has 0 aromatic heterocycles. The van der Waals surface area contributed by atoms with Crippen LogP contribution < -0.4 is 10.6 Å². The number of carbonyl (C=O) groups excluding carboxylic acids is 1. The highest BCUT2D eigenvalue weighted by atomic mass is 35.5. The lowest BCUT2D eigenvalue weighted by Crippen LogP contribution is -2.43. The van der Waals surface area contributed by atoms with E-state index in [9.17, 15) is 9.90 Å².